The smallest absolute Gasteiger partial charge is 0.266 e. The fourth-order valence-electron chi connectivity index (χ4n) is 4.25. The van der Waals surface area contributed by atoms with Gasteiger partial charge in [-0.1, -0.05) is 88.0 Å². The van der Waals surface area contributed by atoms with Crippen molar-refractivity contribution in [2.24, 2.45) is 0 Å². The van der Waals surface area contributed by atoms with Gasteiger partial charge in [0.05, 0.1) is 22.3 Å². The Morgan fingerprint density at radius 1 is 0.914 bits per heavy atom. The van der Waals surface area contributed by atoms with Crippen LogP contribution in [0.1, 0.15) is 56.2 Å². The standard InChI is InChI=1S/C29H31N3O2S/c1-18(2)21-12-7-9-16-25(21)32-28(34)23-13-6-8-15-24(23)30-29(32)35-17-26(33)31-27-20(5)11-10-14-22(27)19(3)4/h6-16,18-19H,17H2,1-5H3,(H,31,33). The van der Waals surface area contributed by atoms with Crippen molar-refractivity contribution in [3.8, 4) is 5.69 Å². The first-order valence-electron chi connectivity index (χ1n) is 11.9. The molecular weight excluding hydrogens is 454 g/mol. The number of hydrogen-bond donors (Lipinski definition) is 1. The van der Waals surface area contributed by atoms with E-state index in [0.29, 0.717) is 16.1 Å². The molecule has 0 saturated carbocycles. The molecule has 0 aliphatic heterocycles. The number of nitrogens with zero attached hydrogens (tertiary/aromatic N) is 2. The van der Waals surface area contributed by atoms with Crippen LogP contribution in [0.25, 0.3) is 16.6 Å². The molecule has 0 bridgehead atoms. The topological polar surface area (TPSA) is 64.0 Å². The van der Waals surface area contributed by atoms with Crippen molar-refractivity contribution in [1.29, 1.82) is 0 Å². The van der Waals surface area contributed by atoms with Crippen LogP contribution < -0.4 is 10.9 Å². The van der Waals surface area contributed by atoms with Crippen molar-refractivity contribution in [2.75, 3.05) is 11.1 Å². The molecule has 35 heavy (non-hydrogen) atoms. The third kappa shape index (κ3) is 5.17. The summed E-state index contributed by atoms with van der Waals surface area (Å²) in [5.41, 5.74) is 5.35. The van der Waals surface area contributed by atoms with E-state index in [1.165, 1.54) is 11.8 Å². The zero-order valence-electron chi connectivity index (χ0n) is 20.8. The van der Waals surface area contributed by atoms with Crippen LogP contribution in [-0.2, 0) is 4.79 Å². The number of benzene rings is 3. The van der Waals surface area contributed by atoms with Gasteiger partial charge in [0.25, 0.3) is 5.56 Å². The molecular formula is C29H31N3O2S. The third-order valence-corrected chi connectivity index (χ3v) is 7.01. The van der Waals surface area contributed by atoms with Gasteiger partial charge in [-0.25, -0.2) is 4.98 Å². The lowest BCUT2D eigenvalue weighted by Crippen LogP contribution is -2.24. The first-order valence-corrected chi connectivity index (χ1v) is 12.9. The number of para-hydroxylation sites is 3. The zero-order valence-corrected chi connectivity index (χ0v) is 21.6. The summed E-state index contributed by atoms with van der Waals surface area (Å²) in [6.07, 6.45) is 0. The van der Waals surface area contributed by atoms with Gasteiger partial charge in [-0.2, -0.15) is 0 Å². The highest BCUT2D eigenvalue weighted by atomic mass is 32.2. The van der Waals surface area contributed by atoms with Crippen LogP contribution in [0, 0.1) is 6.92 Å². The Kier molecular flexibility index (Phi) is 7.41. The van der Waals surface area contributed by atoms with E-state index in [-0.39, 0.29) is 29.1 Å². The molecule has 0 fully saturated rings. The molecule has 0 aliphatic carbocycles. The van der Waals surface area contributed by atoms with E-state index in [9.17, 15) is 9.59 Å². The number of amides is 1. The number of rotatable bonds is 7. The molecule has 3 aromatic carbocycles. The second-order valence-corrected chi connectivity index (χ2v) is 10.2. The van der Waals surface area contributed by atoms with E-state index in [2.05, 4.69) is 33.0 Å². The highest BCUT2D eigenvalue weighted by Crippen LogP contribution is 2.29. The van der Waals surface area contributed by atoms with Gasteiger partial charge < -0.3 is 5.32 Å². The molecule has 180 valence electrons. The Bertz CT molecular complexity index is 1440. The highest BCUT2D eigenvalue weighted by Gasteiger charge is 2.19. The van der Waals surface area contributed by atoms with Gasteiger partial charge in [0, 0.05) is 5.69 Å². The van der Waals surface area contributed by atoms with E-state index in [4.69, 9.17) is 4.98 Å². The van der Waals surface area contributed by atoms with Crippen LogP contribution in [0.2, 0.25) is 0 Å². The highest BCUT2D eigenvalue weighted by molar-refractivity contribution is 7.99. The van der Waals surface area contributed by atoms with Gasteiger partial charge in [-0.05, 0) is 53.6 Å². The van der Waals surface area contributed by atoms with Crippen LogP contribution in [-0.4, -0.2) is 21.2 Å². The van der Waals surface area contributed by atoms with Crippen LogP contribution in [0.4, 0.5) is 5.69 Å². The number of nitrogens with one attached hydrogen (secondary N) is 1. The second kappa shape index (κ2) is 10.5. The van der Waals surface area contributed by atoms with E-state index >= 15 is 0 Å². The minimum absolute atomic E-state index is 0.127. The first-order chi connectivity index (χ1) is 16.8. The average Bonchev–Trinajstić information content (AvgIpc) is 2.84. The maximum absolute atomic E-state index is 13.6. The normalized spacial score (nSPS) is 11.4. The lowest BCUT2D eigenvalue weighted by Gasteiger charge is -2.19. The van der Waals surface area contributed by atoms with Gasteiger partial charge in [0.2, 0.25) is 5.91 Å². The molecule has 6 heteroatoms. The van der Waals surface area contributed by atoms with E-state index in [1.807, 2.05) is 67.6 Å². The lowest BCUT2D eigenvalue weighted by molar-refractivity contribution is -0.113. The van der Waals surface area contributed by atoms with Crippen molar-refractivity contribution in [2.45, 2.75) is 51.6 Å². The minimum Gasteiger partial charge on any atom is -0.325 e. The molecule has 0 saturated heterocycles. The molecule has 5 nitrogen and oxygen atoms in total. The Hall–Kier alpha value is -3.38. The summed E-state index contributed by atoms with van der Waals surface area (Å²) in [7, 11) is 0. The summed E-state index contributed by atoms with van der Waals surface area (Å²) in [6, 6.07) is 21.3. The number of anilines is 1. The Labute approximate surface area is 210 Å². The van der Waals surface area contributed by atoms with E-state index in [0.717, 1.165) is 28.1 Å². The van der Waals surface area contributed by atoms with Crippen molar-refractivity contribution in [3.63, 3.8) is 0 Å². The van der Waals surface area contributed by atoms with Gasteiger partial charge in [0.15, 0.2) is 5.16 Å². The number of aromatic nitrogens is 2. The van der Waals surface area contributed by atoms with Gasteiger partial charge in [-0.15, -0.1) is 0 Å². The molecule has 0 unspecified atom stereocenters. The molecule has 1 N–H and O–H groups in total. The van der Waals surface area contributed by atoms with E-state index in [1.54, 1.807) is 10.6 Å². The van der Waals surface area contributed by atoms with Gasteiger partial charge in [0.1, 0.15) is 0 Å². The van der Waals surface area contributed by atoms with Crippen LogP contribution in [0.15, 0.2) is 76.7 Å². The number of fused-ring (bicyclic) bond motifs is 1. The van der Waals surface area contributed by atoms with Crippen LogP contribution >= 0.6 is 11.8 Å². The summed E-state index contributed by atoms with van der Waals surface area (Å²) in [6.45, 7) is 10.4. The summed E-state index contributed by atoms with van der Waals surface area (Å²) >= 11 is 1.28. The largest absolute Gasteiger partial charge is 0.325 e. The predicted molar refractivity (Wildman–Crippen MR) is 146 cm³/mol. The second-order valence-electron chi connectivity index (χ2n) is 9.30. The number of carbonyl (C=O) groups is 1. The van der Waals surface area contributed by atoms with Gasteiger partial charge in [-0.3, -0.25) is 14.2 Å². The van der Waals surface area contributed by atoms with Crippen molar-refractivity contribution < 1.29 is 4.79 Å². The average molecular weight is 486 g/mol. The minimum atomic E-state index is -0.132. The third-order valence-electron chi connectivity index (χ3n) is 6.07. The maximum Gasteiger partial charge on any atom is 0.266 e. The Morgan fingerprint density at radius 3 is 2.31 bits per heavy atom. The number of aryl methyl sites for hydroxylation is 1. The molecule has 4 aromatic rings. The number of carbonyl (C=O) groups excluding carboxylic acids is 1. The first kappa shape index (κ1) is 24.7. The molecule has 0 atom stereocenters. The quantitative estimate of drug-likeness (QED) is 0.234. The molecule has 1 aromatic heterocycles. The van der Waals surface area contributed by atoms with Crippen molar-refractivity contribution in [1.82, 2.24) is 9.55 Å². The molecule has 0 aliphatic rings. The lowest BCUT2D eigenvalue weighted by atomic mass is 9.98. The summed E-state index contributed by atoms with van der Waals surface area (Å²) in [5.74, 6) is 0.525. The Morgan fingerprint density at radius 2 is 1.57 bits per heavy atom. The molecule has 0 radical (unpaired) electrons. The monoisotopic (exact) mass is 485 g/mol. The van der Waals surface area contributed by atoms with Crippen LogP contribution in [0.3, 0.4) is 0 Å². The molecule has 0 spiro atoms. The van der Waals surface area contributed by atoms with E-state index < -0.39 is 0 Å². The predicted octanol–water partition coefficient (Wildman–Crippen LogP) is 6.67. The zero-order chi connectivity index (χ0) is 25.1. The van der Waals surface area contributed by atoms with Crippen LogP contribution in [0.5, 0.6) is 0 Å². The summed E-state index contributed by atoms with van der Waals surface area (Å²) < 4.78 is 1.66. The van der Waals surface area contributed by atoms with Crippen molar-refractivity contribution in [3.05, 3.63) is 93.8 Å². The summed E-state index contributed by atoms with van der Waals surface area (Å²) in [4.78, 5) is 31.5. The maximum atomic E-state index is 13.6. The van der Waals surface area contributed by atoms with Crippen molar-refractivity contribution >= 4 is 34.3 Å². The fourth-order valence-corrected chi connectivity index (χ4v) is 5.05. The molecule has 1 heterocycles. The fraction of sp³-hybridized carbons (Fsp3) is 0.276. The number of hydrogen-bond acceptors (Lipinski definition) is 4. The summed E-state index contributed by atoms with van der Waals surface area (Å²) in [5, 5.41) is 4.16. The van der Waals surface area contributed by atoms with Gasteiger partial charge >= 0.3 is 0 Å². The number of thioether (sulfide) groups is 1. The SMILES string of the molecule is Cc1cccc(C(C)C)c1NC(=O)CSc1nc2ccccc2c(=O)n1-c1ccccc1C(C)C. The Balaban J connectivity index is 1.72. The molecule has 1 amide bonds. The molecule has 4 rings (SSSR count).